The van der Waals surface area contributed by atoms with Crippen molar-refractivity contribution in [2.24, 2.45) is 23.5 Å². The average Bonchev–Trinajstić information content (AvgIpc) is 2.97. The Morgan fingerprint density at radius 3 is 2.60 bits per heavy atom. The molecule has 1 aliphatic carbocycles. The summed E-state index contributed by atoms with van der Waals surface area (Å²) in [5.74, 6) is 5.26. The van der Waals surface area contributed by atoms with Gasteiger partial charge < -0.3 is 10.2 Å². The first-order chi connectivity index (χ1) is 9.60. The van der Waals surface area contributed by atoms with E-state index >= 15 is 0 Å². The Hall–Kier alpha value is -0.800. The van der Waals surface area contributed by atoms with Crippen LogP contribution < -0.4 is 5.73 Å². The van der Waals surface area contributed by atoms with Gasteiger partial charge in [0, 0.05) is 19.0 Å². The van der Waals surface area contributed by atoms with E-state index in [1.165, 1.54) is 18.6 Å². The van der Waals surface area contributed by atoms with Crippen LogP contribution in [0.5, 0.6) is 0 Å². The van der Waals surface area contributed by atoms with Crippen molar-refractivity contribution >= 4 is 0 Å². The van der Waals surface area contributed by atoms with Gasteiger partial charge in [-0.05, 0) is 49.3 Å². The van der Waals surface area contributed by atoms with Gasteiger partial charge >= 0.3 is 0 Å². The topological polar surface area (TPSA) is 42.4 Å². The van der Waals surface area contributed by atoms with Crippen LogP contribution in [0.1, 0.15) is 57.1 Å². The Morgan fingerprint density at radius 1 is 1.25 bits per heavy atom. The molecular weight excluding hydrogens is 248 g/mol. The smallest absolute Gasteiger partial charge is 0.122 e. The van der Waals surface area contributed by atoms with Crippen molar-refractivity contribution in [2.45, 2.75) is 45.6 Å². The molecule has 2 heterocycles. The highest BCUT2D eigenvalue weighted by molar-refractivity contribution is 5.19. The normalized spacial score (nSPS) is 36.0. The minimum atomic E-state index is 0.257. The van der Waals surface area contributed by atoms with Crippen molar-refractivity contribution in [3.05, 3.63) is 23.7 Å². The molecule has 3 rings (SSSR count). The minimum Gasteiger partial charge on any atom is -0.464 e. The average molecular weight is 276 g/mol. The molecule has 0 radical (unpaired) electrons. The van der Waals surface area contributed by atoms with Crippen LogP contribution in [0.25, 0.3) is 0 Å². The fourth-order valence-electron chi connectivity index (χ4n) is 3.49. The summed E-state index contributed by atoms with van der Waals surface area (Å²) < 4.78 is 6.12. The van der Waals surface area contributed by atoms with E-state index in [1.807, 2.05) is 0 Å². The zero-order chi connectivity index (χ0) is 14.3. The highest BCUT2D eigenvalue weighted by Gasteiger charge is 2.37. The molecular formula is C17H28N2O. The molecule has 5 atom stereocenters. The number of hydrogen-bond acceptors (Lipinski definition) is 3. The van der Waals surface area contributed by atoms with Crippen LogP contribution in [0.4, 0.5) is 0 Å². The third kappa shape index (κ3) is 2.66. The van der Waals surface area contributed by atoms with E-state index in [-0.39, 0.29) is 6.04 Å². The molecule has 1 aromatic rings. The summed E-state index contributed by atoms with van der Waals surface area (Å²) in [6.07, 6.45) is 2.55. The zero-order valence-corrected chi connectivity index (χ0v) is 13.0. The van der Waals surface area contributed by atoms with Crippen LogP contribution in [0.3, 0.4) is 0 Å². The van der Waals surface area contributed by atoms with E-state index in [9.17, 15) is 0 Å². The monoisotopic (exact) mass is 276 g/mol. The minimum absolute atomic E-state index is 0.257. The van der Waals surface area contributed by atoms with Crippen molar-refractivity contribution in [3.63, 3.8) is 0 Å². The van der Waals surface area contributed by atoms with Crippen LogP contribution in [-0.4, -0.2) is 24.5 Å². The molecule has 20 heavy (non-hydrogen) atoms. The maximum absolute atomic E-state index is 6.12. The molecule has 1 aromatic heterocycles. The van der Waals surface area contributed by atoms with Gasteiger partial charge in [-0.3, -0.25) is 4.90 Å². The van der Waals surface area contributed by atoms with Crippen LogP contribution in [0.15, 0.2) is 16.5 Å². The molecule has 0 spiro atoms. The van der Waals surface area contributed by atoms with Crippen molar-refractivity contribution in [3.8, 4) is 0 Å². The molecule has 1 aliphatic heterocycles. The van der Waals surface area contributed by atoms with E-state index in [0.29, 0.717) is 12.5 Å². The molecule has 2 N–H and O–H groups in total. The molecule has 2 fully saturated rings. The maximum Gasteiger partial charge on any atom is 0.122 e. The molecule has 112 valence electrons. The summed E-state index contributed by atoms with van der Waals surface area (Å²) in [5, 5.41) is 0. The molecule has 0 amide bonds. The highest BCUT2D eigenvalue weighted by Crippen LogP contribution is 2.47. The number of piperidine rings is 1. The van der Waals surface area contributed by atoms with Crippen LogP contribution >= 0.6 is 0 Å². The summed E-state index contributed by atoms with van der Waals surface area (Å²) in [5.41, 5.74) is 6.04. The number of nitrogens with zero attached hydrogens (tertiary/aromatic N) is 1. The lowest BCUT2D eigenvalue weighted by atomic mass is 9.88. The lowest BCUT2D eigenvalue weighted by Gasteiger charge is -2.39. The van der Waals surface area contributed by atoms with E-state index < -0.39 is 0 Å². The second-order valence-corrected chi connectivity index (χ2v) is 7.05. The Kier molecular flexibility index (Phi) is 3.91. The van der Waals surface area contributed by atoms with Gasteiger partial charge in [-0.2, -0.15) is 0 Å². The Bertz CT molecular complexity index is 456. The molecule has 0 bridgehead atoms. The quantitative estimate of drug-likeness (QED) is 0.916. The number of nitrogens with two attached hydrogens (primary N) is 1. The summed E-state index contributed by atoms with van der Waals surface area (Å²) in [7, 11) is 0. The van der Waals surface area contributed by atoms with Gasteiger partial charge in [-0.15, -0.1) is 0 Å². The molecule has 2 aliphatic rings. The largest absolute Gasteiger partial charge is 0.464 e. The van der Waals surface area contributed by atoms with Crippen LogP contribution in [-0.2, 0) is 0 Å². The van der Waals surface area contributed by atoms with Crippen molar-refractivity contribution in [1.29, 1.82) is 0 Å². The maximum atomic E-state index is 6.12. The van der Waals surface area contributed by atoms with Gasteiger partial charge in [-0.25, -0.2) is 0 Å². The summed E-state index contributed by atoms with van der Waals surface area (Å²) >= 11 is 0. The third-order valence-electron chi connectivity index (χ3n) is 5.48. The van der Waals surface area contributed by atoms with E-state index in [0.717, 1.165) is 36.6 Å². The summed E-state index contributed by atoms with van der Waals surface area (Å²) in [6, 6.07) is 4.58. The summed E-state index contributed by atoms with van der Waals surface area (Å²) in [6.45, 7) is 9.93. The van der Waals surface area contributed by atoms with Gasteiger partial charge in [0.25, 0.3) is 0 Å². The second-order valence-electron chi connectivity index (χ2n) is 7.05. The highest BCUT2D eigenvalue weighted by atomic mass is 16.3. The molecule has 5 unspecified atom stereocenters. The molecule has 0 aromatic carbocycles. The molecule has 1 saturated heterocycles. The number of hydrogen-bond donors (Lipinski definition) is 1. The Balaban J connectivity index is 1.71. The fourth-order valence-corrected chi connectivity index (χ4v) is 3.49. The lowest BCUT2D eigenvalue weighted by molar-refractivity contribution is 0.0876. The summed E-state index contributed by atoms with van der Waals surface area (Å²) in [4.78, 5) is 2.52. The van der Waals surface area contributed by atoms with Crippen molar-refractivity contribution < 1.29 is 4.42 Å². The molecule has 3 heteroatoms. The van der Waals surface area contributed by atoms with E-state index in [1.54, 1.807) is 0 Å². The lowest BCUT2D eigenvalue weighted by Crippen LogP contribution is -2.43. The third-order valence-corrected chi connectivity index (χ3v) is 5.48. The molecule has 3 nitrogen and oxygen atoms in total. The van der Waals surface area contributed by atoms with Gasteiger partial charge in [0.1, 0.15) is 11.5 Å². The SMILES string of the molecule is CC1CCN(C(CN)c2ccc(C3CC3C)o2)CC1C. The predicted molar refractivity (Wildman–Crippen MR) is 81.5 cm³/mol. The number of rotatable bonds is 4. The van der Waals surface area contributed by atoms with Gasteiger partial charge in [0.15, 0.2) is 0 Å². The first kappa shape index (κ1) is 14.2. The Labute approximate surface area is 122 Å². The van der Waals surface area contributed by atoms with Crippen LogP contribution in [0, 0.1) is 17.8 Å². The van der Waals surface area contributed by atoms with Gasteiger partial charge in [0.05, 0.1) is 6.04 Å². The zero-order valence-electron chi connectivity index (χ0n) is 13.0. The first-order valence-electron chi connectivity index (χ1n) is 8.14. The Morgan fingerprint density at radius 2 is 2.00 bits per heavy atom. The van der Waals surface area contributed by atoms with Crippen molar-refractivity contribution in [2.75, 3.05) is 19.6 Å². The van der Waals surface area contributed by atoms with Gasteiger partial charge in [0.2, 0.25) is 0 Å². The predicted octanol–water partition coefficient (Wildman–Crippen LogP) is 3.38. The van der Waals surface area contributed by atoms with Crippen molar-refractivity contribution in [1.82, 2.24) is 4.90 Å². The second kappa shape index (κ2) is 5.53. The number of likely N-dealkylation sites (tertiary alicyclic amines) is 1. The van der Waals surface area contributed by atoms with Gasteiger partial charge in [-0.1, -0.05) is 20.8 Å². The van der Waals surface area contributed by atoms with E-state index in [2.05, 4.69) is 37.8 Å². The van der Waals surface area contributed by atoms with Crippen LogP contribution in [0.2, 0.25) is 0 Å². The first-order valence-corrected chi connectivity index (χ1v) is 8.14. The standard InChI is InChI=1S/C17H28N2O/c1-11-6-7-19(10-13(11)3)15(9-18)17-5-4-16(20-17)14-8-12(14)2/h4-5,11-15H,6-10,18H2,1-3H3. The molecule has 1 saturated carbocycles. The number of furan rings is 1. The van der Waals surface area contributed by atoms with E-state index in [4.69, 9.17) is 10.2 Å². The fraction of sp³-hybridized carbons (Fsp3) is 0.765.